The first-order chi connectivity index (χ1) is 14.2. The summed E-state index contributed by atoms with van der Waals surface area (Å²) in [6, 6.07) is 8.58. The number of carbonyl (C=O) groups excluding carboxylic acids is 2. The maximum Gasteiger partial charge on any atom is 0.311 e. The summed E-state index contributed by atoms with van der Waals surface area (Å²) in [5.74, 6) is -0.754. The lowest BCUT2D eigenvalue weighted by molar-refractivity contribution is -0.385. The van der Waals surface area contributed by atoms with E-state index in [0.29, 0.717) is 29.2 Å². The molecule has 11 heteroatoms. The molecular weight excluding hydrogens is 432 g/mol. The van der Waals surface area contributed by atoms with Gasteiger partial charge in [0.25, 0.3) is 5.91 Å². The Morgan fingerprint density at radius 2 is 1.93 bits per heavy atom. The van der Waals surface area contributed by atoms with Gasteiger partial charge in [-0.25, -0.2) is 0 Å². The number of ether oxygens (including phenoxy) is 1. The molecular formula is C19H19ClN4O5S. The van der Waals surface area contributed by atoms with Crippen LogP contribution in [0.1, 0.15) is 30.1 Å². The number of hydrogen-bond donors (Lipinski definition) is 3. The molecule has 2 rings (SSSR count). The summed E-state index contributed by atoms with van der Waals surface area (Å²) < 4.78 is 4.91. The molecule has 3 N–H and O–H groups in total. The molecule has 2 aromatic rings. The van der Waals surface area contributed by atoms with Gasteiger partial charge in [-0.05, 0) is 49.0 Å². The molecule has 30 heavy (non-hydrogen) atoms. The lowest BCUT2D eigenvalue weighted by Crippen LogP contribution is -2.34. The van der Waals surface area contributed by atoms with Gasteiger partial charge < -0.3 is 15.4 Å². The number of nitrogens with zero attached hydrogens (tertiary/aromatic N) is 1. The number of hydrogen-bond acceptors (Lipinski definition) is 6. The fourth-order valence-corrected chi connectivity index (χ4v) is 2.82. The van der Waals surface area contributed by atoms with Crippen molar-refractivity contribution in [3.05, 3.63) is 57.1 Å². The molecule has 0 radical (unpaired) electrons. The molecule has 0 aliphatic rings. The molecule has 0 aliphatic carbocycles. The number of nitro benzene ring substituents is 1. The summed E-state index contributed by atoms with van der Waals surface area (Å²) in [7, 11) is 1.30. The van der Waals surface area contributed by atoms with E-state index >= 15 is 0 Å². The topological polar surface area (TPSA) is 123 Å². The average molecular weight is 451 g/mol. The maximum atomic E-state index is 12.4. The summed E-state index contributed by atoms with van der Waals surface area (Å²) in [6.07, 6.45) is 1.10. The number of rotatable bonds is 7. The zero-order valence-electron chi connectivity index (χ0n) is 16.2. The Morgan fingerprint density at radius 3 is 2.57 bits per heavy atom. The van der Waals surface area contributed by atoms with E-state index in [1.807, 2.05) is 6.92 Å². The van der Waals surface area contributed by atoms with Gasteiger partial charge in [0.15, 0.2) is 10.9 Å². The summed E-state index contributed by atoms with van der Waals surface area (Å²) in [6.45, 7) is 1.90. The molecule has 2 aromatic carbocycles. The van der Waals surface area contributed by atoms with Crippen molar-refractivity contribution in [2.45, 2.75) is 19.8 Å². The summed E-state index contributed by atoms with van der Waals surface area (Å²) in [5.41, 5.74) is 0.568. The van der Waals surface area contributed by atoms with Gasteiger partial charge in [-0.1, -0.05) is 18.5 Å². The lowest BCUT2D eigenvalue weighted by atomic mass is 10.1. The fourth-order valence-electron chi connectivity index (χ4n) is 2.45. The highest BCUT2D eigenvalue weighted by Gasteiger charge is 2.19. The molecule has 158 valence electrons. The Morgan fingerprint density at radius 1 is 1.20 bits per heavy atom. The van der Waals surface area contributed by atoms with Gasteiger partial charge >= 0.3 is 5.69 Å². The number of carbonyl (C=O) groups is 2. The van der Waals surface area contributed by atoms with Gasteiger partial charge in [-0.2, -0.15) is 0 Å². The molecule has 0 bridgehead atoms. The molecule has 0 fully saturated rings. The van der Waals surface area contributed by atoms with Gasteiger partial charge in [0, 0.05) is 23.7 Å². The molecule has 0 saturated heterocycles. The largest absolute Gasteiger partial charge is 0.490 e. The number of thiocarbonyl (C=S) groups is 1. The molecule has 0 aromatic heterocycles. The number of nitro groups is 1. The van der Waals surface area contributed by atoms with Crippen LogP contribution in [0.5, 0.6) is 5.75 Å². The monoisotopic (exact) mass is 450 g/mol. The first-order valence-electron chi connectivity index (χ1n) is 8.79. The molecule has 0 spiro atoms. The van der Waals surface area contributed by atoms with Crippen molar-refractivity contribution in [3.8, 4) is 5.75 Å². The second-order valence-corrected chi connectivity index (χ2v) is 6.86. The maximum absolute atomic E-state index is 12.4. The minimum absolute atomic E-state index is 0.0262. The number of methoxy groups -OCH3 is 1. The van der Waals surface area contributed by atoms with E-state index in [9.17, 15) is 19.7 Å². The predicted molar refractivity (Wildman–Crippen MR) is 118 cm³/mol. The molecule has 0 atom stereocenters. The van der Waals surface area contributed by atoms with Crippen molar-refractivity contribution in [1.82, 2.24) is 5.32 Å². The number of amides is 2. The molecule has 0 aliphatic heterocycles. The normalized spacial score (nSPS) is 10.1. The Balaban J connectivity index is 2.10. The van der Waals surface area contributed by atoms with E-state index in [2.05, 4.69) is 16.0 Å². The van der Waals surface area contributed by atoms with Gasteiger partial charge in [0.05, 0.1) is 22.7 Å². The average Bonchev–Trinajstić information content (AvgIpc) is 2.70. The third kappa shape index (κ3) is 6.13. The van der Waals surface area contributed by atoms with Crippen molar-refractivity contribution < 1.29 is 19.2 Å². The van der Waals surface area contributed by atoms with E-state index in [1.54, 1.807) is 18.2 Å². The van der Waals surface area contributed by atoms with Crippen molar-refractivity contribution in [2.24, 2.45) is 0 Å². The Labute approximate surface area is 182 Å². The smallest absolute Gasteiger partial charge is 0.311 e. The summed E-state index contributed by atoms with van der Waals surface area (Å²) >= 11 is 11.3. The molecule has 2 amide bonds. The van der Waals surface area contributed by atoms with Crippen molar-refractivity contribution in [1.29, 1.82) is 0 Å². The lowest BCUT2D eigenvalue weighted by Gasteiger charge is -2.13. The van der Waals surface area contributed by atoms with Crippen LogP contribution in [-0.2, 0) is 4.79 Å². The van der Waals surface area contributed by atoms with Gasteiger partial charge in [-0.3, -0.25) is 25.0 Å². The number of nitrogens with one attached hydrogen (secondary N) is 3. The van der Waals surface area contributed by atoms with Gasteiger partial charge in [0.1, 0.15) is 0 Å². The minimum Gasteiger partial charge on any atom is -0.490 e. The summed E-state index contributed by atoms with van der Waals surface area (Å²) in [5, 5.41) is 19.3. The second kappa shape index (κ2) is 10.5. The van der Waals surface area contributed by atoms with Crippen LogP contribution in [0.25, 0.3) is 0 Å². The Hall–Kier alpha value is -3.24. The van der Waals surface area contributed by atoms with E-state index < -0.39 is 10.8 Å². The highest BCUT2D eigenvalue weighted by Crippen LogP contribution is 2.28. The minimum atomic E-state index is -0.651. The van der Waals surface area contributed by atoms with Crippen molar-refractivity contribution in [3.63, 3.8) is 0 Å². The number of benzene rings is 2. The highest BCUT2D eigenvalue weighted by molar-refractivity contribution is 7.80. The third-order valence-corrected chi connectivity index (χ3v) is 4.37. The van der Waals surface area contributed by atoms with Crippen LogP contribution >= 0.6 is 23.8 Å². The van der Waals surface area contributed by atoms with Crippen LogP contribution in [0, 0.1) is 10.1 Å². The first-order valence-corrected chi connectivity index (χ1v) is 9.58. The summed E-state index contributed by atoms with van der Waals surface area (Å²) in [4.78, 5) is 34.6. The molecule has 0 saturated carbocycles. The SMILES string of the molecule is CCCC(=O)Nc1ccc(Cl)c(NC(=S)NC(=O)c2ccc(OC)c([N+](=O)[O-])c2)c1. The van der Waals surface area contributed by atoms with E-state index in [4.69, 9.17) is 28.6 Å². The van der Waals surface area contributed by atoms with Crippen LogP contribution in [0.2, 0.25) is 5.02 Å². The van der Waals surface area contributed by atoms with Crippen molar-refractivity contribution >= 4 is 57.8 Å². The quantitative estimate of drug-likeness (QED) is 0.329. The second-order valence-electron chi connectivity index (χ2n) is 6.04. The number of halogens is 1. The van der Waals surface area contributed by atoms with E-state index in [1.165, 1.54) is 19.2 Å². The van der Waals surface area contributed by atoms with E-state index in [0.717, 1.165) is 6.07 Å². The van der Waals surface area contributed by atoms with Crippen LogP contribution in [0.4, 0.5) is 17.1 Å². The zero-order valence-corrected chi connectivity index (χ0v) is 17.7. The Bertz CT molecular complexity index is 999. The van der Waals surface area contributed by atoms with Gasteiger partial charge in [0.2, 0.25) is 5.91 Å². The molecule has 0 heterocycles. The highest BCUT2D eigenvalue weighted by atomic mass is 35.5. The zero-order chi connectivity index (χ0) is 22.3. The first kappa shape index (κ1) is 23.0. The van der Waals surface area contributed by atoms with E-state index in [-0.39, 0.29) is 28.0 Å². The van der Waals surface area contributed by atoms with Crippen molar-refractivity contribution in [2.75, 3.05) is 17.7 Å². The molecule has 0 unspecified atom stereocenters. The van der Waals surface area contributed by atoms with Crippen LogP contribution in [-0.4, -0.2) is 29.0 Å². The standard InChI is InChI=1S/C19H19ClN4O5S/c1-3-4-17(25)21-12-6-7-13(20)14(10-12)22-19(30)23-18(26)11-5-8-16(29-2)15(9-11)24(27)28/h5-10H,3-4H2,1-2H3,(H,21,25)(H2,22,23,26,30). The van der Waals surface area contributed by atoms with Crippen LogP contribution in [0.3, 0.4) is 0 Å². The molecule has 9 nitrogen and oxygen atoms in total. The van der Waals surface area contributed by atoms with Crippen LogP contribution < -0.4 is 20.7 Å². The fraction of sp³-hybridized carbons (Fsp3) is 0.211. The number of anilines is 2. The van der Waals surface area contributed by atoms with Crippen LogP contribution in [0.15, 0.2) is 36.4 Å². The Kier molecular flexibility index (Phi) is 8.07. The predicted octanol–water partition coefficient (Wildman–Crippen LogP) is 4.12. The third-order valence-electron chi connectivity index (χ3n) is 3.84. The van der Waals surface area contributed by atoms with Gasteiger partial charge in [-0.15, -0.1) is 0 Å².